The first kappa shape index (κ1) is 11.4. The third kappa shape index (κ3) is 1.81. The molecule has 4 nitrogen and oxygen atoms in total. The van der Waals surface area contributed by atoms with Crippen molar-refractivity contribution in [2.24, 2.45) is 0 Å². The van der Waals surface area contributed by atoms with Gasteiger partial charge in [0.05, 0.1) is 5.56 Å². The lowest BCUT2D eigenvalue weighted by molar-refractivity contribution is 0.0894. The summed E-state index contributed by atoms with van der Waals surface area (Å²) in [6.45, 7) is -0.132. The van der Waals surface area contributed by atoms with Gasteiger partial charge in [-0.15, -0.1) is 6.42 Å². The zero-order valence-electron chi connectivity index (χ0n) is 8.57. The van der Waals surface area contributed by atoms with Crippen LogP contribution in [0.3, 0.4) is 0 Å². The zero-order valence-corrected chi connectivity index (χ0v) is 9.32. The minimum Gasteiger partial charge on any atom is -0.475 e. The van der Waals surface area contributed by atoms with E-state index in [1.54, 1.807) is 6.07 Å². The number of ketones is 2. The van der Waals surface area contributed by atoms with Gasteiger partial charge in [0.25, 0.3) is 0 Å². The molecule has 0 aromatic carbocycles. The van der Waals surface area contributed by atoms with Gasteiger partial charge in [-0.25, -0.2) is 0 Å². The molecule has 0 N–H and O–H groups in total. The Labute approximate surface area is 102 Å². The number of Topliss-reactive ketones (excluding diaryl/α,β-unsaturated/α-hetero) is 2. The van der Waals surface area contributed by atoms with Gasteiger partial charge in [0.15, 0.2) is 5.76 Å². The molecule has 17 heavy (non-hydrogen) atoms. The molecule has 0 atom stereocenters. The molecule has 0 amide bonds. The fourth-order valence-corrected chi connectivity index (χ4v) is 1.68. The van der Waals surface area contributed by atoms with Crippen LogP contribution in [0.25, 0.3) is 0 Å². The first-order valence-electron chi connectivity index (χ1n) is 4.67. The predicted octanol–water partition coefficient (Wildman–Crippen LogP) is 1.56. The number of carbonyl (C=O) groups is 2. The van der Waals surface area contributed by atoms with Crippen molar-refractivity contribution in [3.05, 3.63) is 40.4 Å². The first-order chi connectivity index (χ1) is 8.16. The van der Waals surface area contributed by atoms with Gasteiger partial charge in [-0.3, -0.25) is 14.6 Å². The number of rotatable bonds is 2. The summed E-state index contributed by atoms with van der Waals surface area (Å²) in [6.07, 6.45) is 6.43. The molecule has 1 aliphatic carbocycles. The van der Waals surface area contributed by atoms with Crippen molar-refractivity contribution in [2.45, 2.75) is 0 Å². The summed E-state index contributed by atoms with van der Waals surface area (Å²) < 4.78 is 4.99. The third-order valence-corrected chi connectivity index (χ3v) is 2.52. The second kappa shape index (κ2) is 4.40. The Morgan fingerprint density at radius 2 is 2.18 bits per heavy atom. The third-order valence-electron chi connectivity index (χ3n) is 2.17. The van der Waals surface area contributed by atoms with Crippen molar-refractivity contribution in [1.82, 2.24) is 4.98 Å². The zero-order chi connectivity index (χ0) is 12.4. The SMILES string of the molecule is C#CCOC1=C(Cl)C(=O)c2cccnc2C1=O. The lowest BCUT2D eigenvalue weighted by atomic mass is 9.98. The Hall–Kier alpha value is -2.12. The molecular formula is C12H6ClNO3. The van der Waals surface area contributed by atoms with Gasteiger partial charge in [0.2, 0.25) is 11.6 Å². The molecule has 5 heteroatoms. The van der Waals surface area contributed by atoms with E-state index in [1.807, 2.05) is 0 Å². The monoisotopic (exact) mass is 247 g/mol. The van der Waals surface area contributed by atoms with Crippen LogP contribution in [0.4, 0.5) is 0 Å². The number of hydrogen-bond donors (Lipinski definition) is 0. The summed E-state index contributed by atoms with van der Waals surface area (Å²) in [5, 5.41) is -0.259. The minimum absolute atomic E-state index is 0.0360. The van der Waals surface area contributed by atoms with E-state index in [1.165, 1.54) is 12.3 Å². The molecule has 0 unspecified atom stereocenters. The van der Waals surface area contributed by atoms with E-state index >= 15 is 0 Å². The van der Waals surface area contributed by atoms with Crippen LogP contribution in [-0.2, 0) is 4.74 Å². The van der Waals surface area contributed by atoms with Crippen LogP contribution in [0.2, 0.25) is 0 Å². The number of terminal acetylenes is 1. The average Bonchev–Trinajstić information content (AvgIpc) is 2.36. The largest absolute Gasteiger partial charge is 0.475 e. The first-order valence-corrected chi connectivity index (χ1v) is 5.05. The lowest BCUT2D eigenvalue weighted by Crippen LogP contribution is -2.23. The second-order valence-electron chi connectivity index (χ2n) is 3.19. The predicted molar refractivity (Wildman–Crippen MR) is 60.6 cm³/mol. The number of halogens is 1. The Bertz CT molecular complexity index is 584. The van der Waals surface area contributed by atoms with Crippen LogP contribution >= 0.6 is 11.6 Å². The summed E-state index contributed by atoms with van der Waals surface area (Å²) in [5.41, 5.74) is 0.212. The number of hydrogen-bond acceptors (Lipinski definition) is 4. The average molecular weight is 248 g/mol. The summed E-state index contributed by atoms with van der Waals surface area (Å²) in [7, 11) is 0. The van der Waals surface area contributed by atoms with Gasteiger partial charge >= 0.3 is 0 Å². The van der Waals surface area contributed by atoms with E-state index in [0.29, 0.717) is 0 Å². The smallest absolute Gasteiger partial charge is 0.248 e. The van der Waals surface area contributed by atoms with Crippen LogP contribution in [0.1, 0.15) is 20.8 Å². The van der Waals surface area contributed by atoms with Gasteiger partial charge in [-0.05, 0) is 12.1 Å². The Kier molecular flexibility index (Phi) is 2.94. The van der Waals surface area contributed by atoms with Gasteiger partial charge in [0.1, 0.15) is 17.3 Å². The maximum atomic E-state index is 11.9. The number of allylic oxidation sites excluding steroid dienone is 2. The van der Waals surface area contributed by atoms with Crippen molar-refractivity contribution in [2.75, 3.05) is 6.61 Å². The quantitative estimate of drug-likeness (QED) is 0.745. The molecule has 0 fully saturated rings. The molecule has 0 saturated heterocycles. The number of pyridine rings is 1. The second-order valence-corrected chi connectivity index (χ2v) is 3.57. The van der Waals surface area contributed by atoms with Gasteiger partial charge in [-0.2, -0.15) is 0 Å². The van der Waals surface area contributed by atoms with E-state index < -0.39 is 11.6 Å². The highest BCUT2D eigenvalue weighted by Crippen LogP contribution is 2.27. The Balaban J connectivity index is 2.51. The van der Waals surface area contributed by atoms with Crippen molar-refractivity contribution < 1.29 is 14.3 Å². The lowest BCUT2D eigenvalue weighted by Gasteiger charge is -2.15. The maximum Gasteiger partial charge on any atom is 0.248 e. The Morgan fingerprint density at radius 1 is 1.41 bits per heavy atom. The highest BCUT2D eigenvalue weighted by molar-refractivity contribution is 6.49. The van der Waals surface area contributed by atoms with Gasteiger partial charge in [-0.1, -0.05) is 17.5 Å². The summed E-state index contributed by atoms with van der Waals surface area (Å²) in [5.74, 6) is 0.948. The summed E-state index contributed by atoms with van der Waals surface area (Å²) in [6, 6.07) is 3.05. The number of fused-ring (bicyclic) bond motifs is 1. The standard InChI is InChI=1S/C12H6ClNO3/c1-2-6-17-12-8(13)10(15)7-4-3-5-14-9(7)11(12)16/h1,3-5H,6H2. The van der Waals surface area contributed by atoms with Crippen molar-refractivity contribution in [3.63, 3.8) is 0 Å². The van der Waals surface area contributed by atoms with Crippen molar-refractivity contribution >= 4 is 23.2 Å². The fourth-order valence-electron chi connectivity index (χ4n) is 1.44. The van der Waals surface area contributed by atoms with Crippen molar-refractivity contribution in [1.29, 1.82) is 0 Å². The molecule has 0 spiro atoms. The summed E-state index contributed by atoms with van der Waals surface area (Å²) in [4.78, 5) is 27.6. The number of ether oxygens (including phenoxy) is 1. The molecule has 1 aliphatic rings. The minimum atomic E-state index is -0.527. The van der Waals surface area contributed by atoms with E-state index in [2.05, 4.69) is 10.9 Å². The molecule has 0 saturated carbocycles. The van der Waals surface area contributed by atoms with Crippen LogP contribution < -0.4 is 0 Å². The summed E-state index contributed by atoms with van der Waals surface area (Å²) >= 11 is 5.78. The Morgan fingerprint density at radius 3 is 2.88 bits per heavy atom. The van der Waals surface area contributed by atoms with Crippen molar-refractivity contribution in [3.8, 4) is 12.3 Å². The molecule has 84 valence electrons. The van der Waals surface area contributed by atoms with Crippen LogP contribution in [-0.4, -0.2) is 23.2 Å². The van der Waals surface area contributed by atoms with Crippen LogP contribution in [0.5, 0.6) is 0 Å². The highest BCUT2D eigenvalue weighted by atomic mass is 35.5. The van der Waals surface area contributed by atoms with Gasteiger partial charge < -0.3 is 4.74 Å². The number of carbonyl (C=O) groups excluding carboxylic acids is 2. The normalized spacial score (nSPS) is 14.4. The maximum absolute atomic E-state index is 11.9. The molecule has 0 aliphatic heterocycles. The number of aromatic nitrogens is 1. The molecular weight excluding hydrogens is 242 g/mol. The fraction of sp³-hybridized carbons (Fsp3) is 0.0833. The molecule has 0 bridgehead atoms. The molecule has 1 heterocycles. The number of nitrogens with zero attached hydrogens (tertiary/aromatic N) is 1. The molecule has 2 rings (SSSR count). The van der Waals surface area contributed by atoms with E-state index in [9.17, 15) is 9.59 Å². The van der Waals surface area contributed by atoms with Crippen LogP contribution in [0.15, 0.2) is 29.1 Å². The van der Waals surface area contributed by atoms with E-state index in [0.717, 1.165) is 0 Å². The van der Waals surface area contributed by atoms with E-state index in [-0.39, 0.29) is 28.7 Å². The molecule has 1 aromatic heterocycles. The van der Waals surface area contributed by atoms with Gasteiger partial charge in [0, 0.05) is 6.20 Å². The highest BCUT2D eigenvalue weighted by Gasteiger charge is 2.33. The van der Waals surface area contributed by atoms with E-state index in [4.69, 9.17) is 22.8 Å². The molecule has 1 aromatic rings. The molecule has 0 radical (unpaired) electrons. The topological polar surface area (TPSA) is 56.3 Å². The van der Waals surface area contributed by atoms with Crippen LogP contribution in [0, 0.1) is 12.3 Å².